The Morgan fingerprint density at radius 3 is 2.65 bits per heavy atom. The number of rotatable bonds is 9. The lowest BCUT2D eigenvalue weighted by Gasteiger charge is -2.44. The van der Waals surface area contributed by atoms with E-state index in [2.05, 4.69) is 9.97 Å². The van der Waals surface area contributed by atoms with Crippen LogP contribution in [0, 0.1) is 17.6 Å². The Balaban J connectivity index is 1.55. The van der Waals surface area contributed by atoms with Crippen molar-refractivity contribution in [3.8, 4) is 5.88 Å². The summed E-state index contributed by atoms with van der Waals surface area (Å²) < 4.78 is 45.1. The minimum atomic E-state index is -1.12. The van der Waals surface area contributed by atoms with Crippen LogP contribution in [0.2, 0.25) is 0 Å². The average molecular weight is 597 g/mol. The van der Waals surface area contributed by atoms with Gasteiger partial charge in [-0.25, -0.2) is 18.6 Å². The van der Waals surface area contributed by atoms with Crippen molar-refractivity contribution in [1.29, 1.82) is 0 Å². The van der Waals surface area contributed by atoms with Gasteiger partial charge in [0.15, 0.2) is 6.10 Å². The number of pyridine rings is 2. The Morgan fingerprint density at radius 2 is 1.95 bits per heavy atom. The van der Waals surface area contributed by atoms with Gasteiger partial charge in [-0.2, -0.15) is 0 Å². The topological polar surface area (TPSA) is 117 Å². The molecule has 4 atom stereocenters. The molecule has 2 amide bonds. The molecular formula is C32H38F2N4O5. The molecule has 0 spiro atoms. The first kappa shape index (κ1) is 31.8. The molecule has 1 aliphatic rings. The molecule has 1 aliphatic heterocycles. The van der Waals surface area contributed by atoms with Crippen LogP contribution in [-0.4, -0.2) is 64.4 Å². The van der Waals surface area contributed by atoms with Gasteiger partial charge in [-0.05, 0) is 81.8 Å². The molecule has 1 fully saturated rings. The van der Waals surface area contributed by atoms with E-state index in [4.69, 9.17) is 19.9 Å². The number of aryl methyl sites for hydroxylation is 1. The van der Waals surface area contributed by atoms with Crippen LogP contribution in [-0.2, 0) is 20.7 Å². The van der Waals surface area contributed by atoms with Crippen LogP contribution in [0.4, 0.5) is 13.6 Å². The number of amides is 2. The first-order valence-corrected chi connectivity index (χ1v) is 14.2. The molecule has 1 unspecified atom stereocenters. The van der Waals surface area contributed by atoms with Gasteiger partial charge in [0.25, 0.3) is 0 Å². The number of nitrogens with two attached hydrogens (primary N) is 1. The molecule has 0 bridgehead atoms. The number of fused-ring (bicyclic) bond motifs is 1. The van der Waals surface area contributed by atoms with E-state index in [9.17, 15) is 18.4 Å². The number of primary amides is 1. The third-order valence-corrected chi connectivity index (χ3v) is 7.28. The summed E-state index contributed by atoms with van der Waals surface area (Å²) in [6.07, 6.45) is 4.22. The van der Waals surface area contributed by atoms with Crippen molar-refractivity contribution in [2.75, 3.05) is 13.7 Å². The largest absolute Gasteiger partial charge is 0.481 e. The van der Waals surface area contributed by atoms with Gasteiger partial charge in [0.1, 0.15) is 17.2 Å². The normalized spacial score (nSPS) is 20.7. The zero-order valence-electron chi connectivity index (χ0n) is 25.1. The number of hydrogen-bond acceptors (Lipinski definition) is 7. The molecule has 2 aromatic heterocycles. The third-order valence-electron chi connectivity index (χ3n) is 7.28. The summed E-state index contributed by atoms with van der Waals surface area (Å²) in [6.45, 7) is 7.08. The van der Waals surface area contributed by atoms with Gasteiger partial charge in [0, 0.05) is 24.4 Å². The summed E-state index contributed by atoms with van der Waals surface area (Å²) in [5, 5.41) is 0. The molecule has 9 nitrogen and oxygen atoms in total. The van der Waals surface area contributed by atoms with E-state index >= 15 is 0 Å². The van der Waals surface area contributed by atoms with Crippen molar-refractivity contribution in [2.45, 2.75) is 70.8 Å². The summed E-state index contributed by atoms with van der Waals surface area (Å²) in [7, 11) is 1.55. The first-order chi connectivity index (χ1) is 20.4. The SMILES string of the molecule is COc1ccc2nccc(CC[C@@H]3CC(C)[C@@H](N(C/C=C/c4cc(F)ccc4F)C(=O)OC(C)(C)C)[C@H](C(N)=O)O3)c2n1. The lowest BCUT2D eigenvalue weighted by Crippen LogP contribution is -2.60. The summed E-state index contributed by atoms with van der Waals surface area (Å²) in [6, 6.07) is 7.86. The summed E-state index contributed by atoms with van der Waals surface area (Å²) in [5.41, 5.74) is 7.47. The highest BCUT2D eigenvalue weighted by Gasteiger charge is 2.45. The molecule has 43 heavy (non-hydrogen) atoms. The number of methoxy groups -OCH3 is 1. The molecule has 0 saturated carbocycles. The van der Waals surface area contributed by atoms with Crippen LogP contribution in [0.3, 0.4) is 0 Å². The van der Waals surface area contributed by atoms with Gasteiger partial charge in [-0.3, -0.25) is 14.7 Å². The fourth-order valence-corrected chi connectivity index (χ4v) is 5.35. The van der Waals surface area contributed by atoms with Crippen LogP contribution < -0.4 is 10.5 Å². The quantitative estimate of drug-likeness (QED) is 0.349. The molecule has 3 aromatic rings. The van der Waals surface area contributed by atoms with Gasteiger partial charge < -0.3 is 19.9 Å². The van der Waals surface area contributed by atoms with Gasteiger partial charge >= 0.3 is 6.09 Å². The second-order valence-corrected chi connectivity index (χ2v) is 11.7. The van der Waals surface area contributed by atoms with Crippen molar-refractivity contribution in [3.63, 3.8) is 0 Å². The second kappa shape index (κ2) is 13.5. The molecule has 3 heterocycles. The smallest absolute Gasteiger partial charge is 0.410 e. The van der Waals surface area contributed by atoms with Crippen LogP contribution >= 0.6 is 0 Å². The second-order valence-electron chi connectivity index (χ2n) is 11.7. The zero-order chi connectivity index (χ0) is 31.3. The number of aromatic nitrogens is 2. The molecule has 0 aliphatic carbocycles. The van der Waals surface area contributed by atoms with E-state index < -0.39 is 41.4 Å². The van der Waals surface area contributed by atoms with Crippen LogP contribution in [0.15, 0.2) is 48.7 Å². The van der Waals surface area contributed by atoms with Crippen molar-refractivity contribution in [2.24, 2.45) is 11.7 Å². The number of halogens is 2. The van der Waals surface area contributed by atoms with Crippen molar-refractivity contribution in [3.05, 3.63) is 71.4 Å². The number of ether oxygens (including phenoxy) is 3. The van der Waals surface area contributed by atoms with E-state index in [-0.39, 0.29) is 24.1 Å². The predicted octanol–water partition coefficient (Wildman–Crippen LogP) is 5.45. The highest BCUT2D eigenvalue weighted by Crippen LogP contribution is 2.33. The average Bonchev–Trinajstić information content (AvgIpc) is 2.94. The molecular weight excluding hydrogens is 558 g/mol. The van der Waals surface area contributed by atoms with Crippen LogP contribution in [0.25, 0.3) is 17.1 Å². The Morgan fingerprint density at radius 1 is 1.19 bits per heavy atom. The Hall–Kier alpha value is -4.12. The minimum Gasteiger partial charge on any atom is -0.481 e. The van der Waals surface area contributed by atoms with Gasteiger partial charge in [0.05, 0.1) is 30.3 Å². The van der Waals surface area contributed by atoms with Crippen LogP contribution in [0.5, 0.6) is 5.88 Å². The number of carbonyl (C=O) groups is 2. The maximum absolute atomic E-state index is 14.2. The molecule has 4 rings (SSSR count). The summed E-state index contributed by atoms with van der Waals surface area (Å²) in [4.78, 5) is 36.5. The predicted molar refractivity (Wildman–Crippen MR) is 158 cm³/mol. The highest BCUT2D eigenvalue weighted by molar-refractivity contribution is 5.81. The number of carbonyl (C=O) groups excluding carboxylic acids is 2. The molecule has 1 aromatic carbocycles. The highest BCUT2D eigenvalue weighted by atomic mass is 19.1. The van der Waals surface area contributed by atoms with E-state index in [1.165, 1.54) is 17.1 Å². The lowest BCUT2D eigenvalue weighted by atomic mass is 9.85. The molecule has 11 heteroatoms. The van der Waals surface area contributed by atoms with Gasteiger partial charge in [-0.1, -0.05) is 19.1 Å². The Bertz CT molecular complexity index is 1490. The van der Waals surface area contributed by atoms with E-state index in [0.29, 0.717) is 25.1 Å². The van der Waals surface area contributed by atoms with E-state index in [0.717, 1.165) is 34.8 Å². The number of nitrogens with zero attached hydrogens (tertiary/aromatic N) is 3. The summed E-state index contributed by atoms with van der Waals surface area (Å²) >= 11 is 0. The third kappa shape index (κ3) is 8.04. The molecule has 1 saturated heterocycles. The van der Waals surface area contributed by atoms with Crippen LogP contribution in [0.1, 0.15) is 51.7 Å². The molecule has 2 N–H and O–H groups in total. The first-order valence-electron chi connectivity index (χ1n) is 14.2. The van der Waals surface area contributed by atoms with E-state index in [1.807, 2.05) is 19.1 Å². The fraction of sp³-hybridized carbons (Fsp3) is 0.438. The lowest BCUT2D eigenvalue weighted by molar-refractivity contribution is -0.154. The molecule has 230 valence electrons. The maximum Gasteiger partial charge on any atom is 0.410 e. The van der Waals surface area contributed by atoms with E-state index in [1.54, 1.807) is 40.1 Å². The Labute approximate surface area is 250 Å². The standard InChI is InChI=1S/C32H38F2N4O5/c1-19-17-23(10-8-20-14-15-36-25-12-13-26(41-5)37-27(20)25)42-29(30(35)39)28(19)38(31(40)43-32(2,3)4)16-6-7-21-18-22(33)9-11-24(21)34/h6-7,9,11-15,18-19,23,28-29H,8,10,16-17H2,1-5H3,(H2,35,39)/b7-6+/t19?,23-,28-,29-/m1/s1. The zero-order valence-corrected chi connectivity index (χ0v) is 25.1. The van der Waals surface area contributed by atoms with Gasteiger partial charge in [0.2, 0.25) is 11.8 Å². The van der Waals surface area contributed by atoms with Gasteiger partial charge in [-0.15, -0.1) is 0 Å². The van der Waals surface area contributed by atoms with Crippen molar-refractivity contribution in [1.82, 2.24) is 14.9 Å². The number of hydrogen-bond donors (Lipinski definition) is 1. The molecule has 0 radical (unpaired) electrons. The Kier molecular flexibility index (Phi) is 9.95. The summed E-state index contributed by atoms with van der Waals surface area (Å²) in [5.74, 6) is -1.64. The van der Waals surface area contributed by atoms with Crippen molar-refractivity contribution >= 4 is 29.1 Å². The maximum atomic E-state index is 14.2. The fourth-order valence-electron chi connectivity index (χ4n) is 5.35. The van der Waals surface area contributed by atoms with Crippen molar-refractivity contribution < 1.29 is 32.6 Å². The number of benzene rings is 1. The monoisotopic (exact) mass is 596 g/mol. The minimum absolute atomic E-state index is 0.0272.